The summed E-state index contributed by atoms with van der Waals surface area (Å²) in [5, 5.41) is 24.2. The van der Waals surface area contributed by atoms with Crippen LogP contribution in [0.5, 0.6) is 5.75 Å². The molecule has 9 heteroatoms. The summed E-state index contributed by atoms with van der Waals surface area (Å²) in [6.45, 7) is 5.84. The Balaban J connectivity index is 0.00000297. The van der Waals surface area contributed by atoms with Gasteiger partial charge in [0.2, 0.25) is 0 Å². The maximum atomic E-state index is 13.2. The standard InChI is InChI=1S/C41H51NO8.C2H6/c1-2-3-6-17-32(43)19-20-33-34-21-30-16-11-18-38(35(30)22-31(34)23-37(33)44)48-27-39(45)42-36(41(47)50-26-29-14-9-5-10-15-29)24-40(46)49-25-28-12-7-4-8-13-28;1-2/h4-5,7-16,18,31-34,36-37,43-44H,2-3,6,17,19-27H2,1H3,(H,42,45);1-2H3/t31?,32?,33?,34?,36-,37+;/m0./s1. The number of benzene rings is 3. The van der Waals surface area contributed by atoms with Crippen LogP contribution in [0.3, 0.4) is 0 Å². The lowest BCUT2D eigenvalue weighted by molar-refractivity contribution is -0.155. The first-order valence-corrected chi connectivity index (χ1v) is 19.1. The quantitative estimate of drug-likeness (QED) is 0.0960. The van der Waals surface area contributed by atoms with E-state index in [0.717, 1.165) is 67.2 Å². The summed E-state index contributed by atoms with van der Waals surface area (Å²) in [6.07, 6.45) is 6.80. The zero-order valence-corrected chi connectivity index (χ0v) is 31.0. The highest BCUT2D eigenvalue weighted by Crippen LogP contribution is 2.48. The van der Waals surface area contributed by atoms with Crippen LogP contribution in [0.4, 0.5) is 0 Å². The van der Waals surface area contributed by atoms with Gasteiger partial charge in [0, 0.05) is 0 Å². The van der Waals surface area contributed by atoms with Crippen LogP contribution >= 0.6 is 0 Å². The number of ether oxygens (including phenoxy) is 3. The third-order valence-electron chi connectivity index (χ3n) is 10.1. The number of nitrogens with one attached hydrogen (secondary N) is 1. The van der Waals surface area contributed by atoms with Gasteiger partial charge in [0.25, 0.3) is 5.91 Å². The molecule has 0 saturated heterocycles. The van der Waals surface area contributed by atoms with Crippen LogP contribution in [-0.4, -0.2) is 52.9 Å². The molecule has 3 N–H and O–H groups in total. The van der Waals surface area contributed by atoms with Gasteiger partial charge in [-0.2, -0.15) is 0 Å². The van der Waals surface area contributed by atoms with Gasteiger partial charge < -0.3 is 29.7 Å². The SMILES string of the molecule is CC.CCCCCC(O)CCC1C2Cc3cccc(OCC(=O)N[C@@H](CC(=O)OCc4ccccc4)C(=O)OCc4ccccc4)c3CC2C[C@H]1O. The average Bonchev–Trinajstić information content (AvgIpc) is 3.48. The molecule has 2 aliphatic carbocycles. The van der Waals surface area contributed by atoms with Gasteiger partial charge in [0.15, 0.2) is 6.61 Å². The molecule has 0 aromatic heterocycles. The minimum absolute atomic E-state index is 0.00495. The van der Waals surface area contributed by atoms with Crippen LogP contribution in [0, 0.1) is 17.8 Å². The third kappa shape index (κ3) is 12.2. The van der Waals surface area contributed by atoms with Crippen molar-refractivity contribution >= 4 is 17.8 Å². The number of carbonyl (C=O) groups excluding carboxylic acids is 3. The number of rotatable bonds is 18. The van der Waals surface area contributed by atoms with E-state index < -0.39 is 36.4 Å². The molecule has 52 heavy (non-hydrogen) atoms. The Morgan fingerprint density at radius 3 is 2.19 bits per heavy atom. The highest BCUT2D eigenvalue weighted by molar-refractivity contribution is 5.88. The number of hydrogen-bond donors (Lipinski definition) is 3. The van der Waals surface area contributed by atoms with Crippen molar-refractivity contribution < 1.29 is 38.8 Å². The van der Waals surface area contributed by atoms with Gasteiger partial charge in [-0.15, -0.1) is 0 Å². The molecule has 0 heterocycles. The summed E-state index contributed by atoms with van der Waals surface area (Å²) in [7, 11) is 0. The van der Waals surface area contributed by atoms with Crippen LogP contribution in [0.15, 0.2) is 78.9 Å². The minimum Gasteiger partial charge on any atom is -0.483 e. The smallest absolute Gasteiger partial charge is 0.329 e. The molecule has 0 radical (unpaired) electrons. The van der Waals surface area contributed by atoms with Crippen LogP contribution in [0.2, 0.25) is 0 Å². The summed E-state index contributed by atoms with van der Waals surface area (Å²) in [6, 6.07) is 22.9. The lowest BCUT2D eigenvalue weighted by Gasteiger charge is -2.32. The van der Waals surface area contributed by atoms with Crippen molar-refractivity contribution in [1.29, 1.82) is 0 Å². The topological polar surface area (TPSA) is 131 Å². The predicted molar refractivity (Wildman–Crippen MR) is 200 cm³/mol. The minimum atomic E-state index is -1.26. The van der Waals surface area contributed by atoms with E-state index in [9.17, 15) is 24.6 Å². The molecule has 1 fully saturated rings. The van der Waals surface area contributed by atoms with Crippen LogP contribution in [-0.2, 0) is 49.9 Å². The van der Waals surface area contributed by atoms with Crippen molar-refractivity contribution in [2.24, 2.45) is 17.8 Å². The van der Waals surface area contributed by atoms with E-state index in [1.54, 1.807) is 0 Å². The van der Waals surface area contributed by atoms with Crippen LogP contribution in [0.25, 0.3) is 0 Å². The summed E-state index contributed by atoms with van der Waals surface area (Å²) < 4.78 is 16.9. The number of aliphatic hydroxyl groups is 2. The van der Waals surface area contributed by atoms with Gasteiger partial charge in [-0.1, -0.05) is 113 Å². The molecule has 5 rings (SSSR count). The van der Waals surface area contributed by atoms with E-state index in [1.807, 2.05) is 86.6 Å². The van der Waals surface area contributed by atoms with Gasteiger partial charge >= 0.3 is 11.9 Å². The van der Waals surface area contributed by atoms with Crippen molar-refractivity contribution in [3.8, 4) is 5.75 Å². The van der Waals surface area contributed by atoms with Gasteiger partial charge in [-0.25, -0.2) is 4.79 Å². The maximum Gasteiger partial charge on any atom is 0.329 e. The molecule has 0 bridgehead atoms. The second kappa shape index (κ2) is 21.3. The van der Waals surface area contributed by atoms with Crippen molar-refractivity contribution in [2.75, 3.05) is 6.61 Å². The number of aliphatic hydroxyl groups excluding tert-OH is 2. The molecule has 3 aromatic rings. The van der Waals surface area contributed by atoms with E-state index in [0.29, 0.717) is 30.4 Å². The summed E-state index contributed by atoms with van der Waals surface area (Å²) in [4.78, 5) is 39.0. The summed E-state index contributed by atoms with van der Waals surface area (Å²) in [5.41, 5.74) is 3.77. The van der Waals surface area contributed by atoms with E-state index in [1.165, 1.54) is 0 Å². The highest BCUT2D eigenvalue weighted by Gasteiger charge is 2.45. The van der Waals surface area contributed by atoms with Gasteiger partial charge in [-0.05, 0) is 84.6 Å². The van der Waals surface area contributed by atoms with E-state index in [2.05, 4.69) is 18.3 Å². The highest BCUT2D eigenvalue weighted by atomic mass is 16.5. The molecular weight excluding hydrogens is 658 g/mol. The van der Waals surface area contributed by atoms with E-state index >= 15 is 0 Å². The van der Waals surface area contributed by atoms with Gasteiger partial charge in [-0.3, -0.25) is 9.59 Å². The molecule has 3 aromatic carbocycles. The van der Waals surface area contributed by atoms with Crippen molar-refractivity contribution in [2.45, 2.75) is 116 Å². The Kier molecular flexibility index (Phi) is 16.7. The predicted octanol–water partition coefficient (Wildman–Crippen LogP) is 6.89. The molecule has 9 nitrogen and oxygen atoms in total. The monoisotopic (exact) mass is 715 g/mol. The number of carbonyl (C=O) groups is 3. The first-order valence-electron chi connectivity index (χ1n) is 19.1. The maximum absolute atomic E-state index is 13.2. The lowest BCUT2D eigenvalue weighted by Crippen LogP contribution is -2.45. The normalized spacial score (nSPS) is 19.9. The third-order valence-corrected chi connectivity index (χ3v) is 10.1. The van der Waals surface area contributed by atoms with Gasteiger partial charge in [0.1, 0.15) is 25.0 Å². The molecule has 282 valence electrons. The second-order valence-electron chi connectivity index (χ2n) is 13.8. The average molecular weight is 716 g/mol. The summed E-state index contributed by atoms with van der Waals surface area (Å²) >= 11 is 0. The molecule has 1 saturated carbocycles. The Bertz CT molecular complexity index is 1530. The molecular formula is C43H57NO8. The number of hydrogen-bond acceptors (Lipinski definition) is 8. The van der Waals surface area contributed by atoms with Gasteiger partial charge in [0.05, 0.1) is 18.6 Å². The number of unbranched alkanes of at least 4 members (excludes halogenated alkanes) is 2. The Morgan fingerprint density at radius 2 is 1.52 bits per heavy atom. The second-order valence-corrected chi connectivity index (χ2v) is 13.8. The molecule has 2 aliphatic rings. The fourth-order valence-corrected chi connectivity index (χ4v) is 7.46. The molecule has 0 spiro atoms. The number of amides is 1. The zero-order chi connectivity index (χ0) is 37.3. The largest absolute Gasteiger partial charge is 0.483 e. The molecule has 1 amide bonds. The first kappa shape index (κ1) is 40.6. The number of fused-ring (bicyclic) bond motifs is 2. The molecule has 6 atom stereocenters. The summed E-state index contributed by atoms with van der Waals surface area (Å²) in [5.74, 6) is -0.570. The fourth-order valence-electron chi connectivity index (χ4n) is 7.46. The van der Waals surface area contributed by atoms with Crippen LogP contribution in [0.1, 0.15) is 94.4 Å². The Labute approximate surface area is 309 Å². The lowest BCUT2D eigenvalue weighted by atomic mass is 9.73. The Morgan fingerprint density at radius 1 is 0.846 bits per heavy atom. The molecule has 4 unspecified atom stereocenters. The van der Waals surface area contributed by atoms with Crippen LogP contribution < -0.4 is 10.1 Å². The first-order chi connectivity index (χ1) is 25.3. The molecule has 0 aliphatic heterocycles. The van der Waals surface area contributed by atoms with Crippen molar-refractivity contribution in [3.05, 3.63) is 101 Å². The number of esters is 2. The van der Waals surface area contributed by atoms with E-state index in [4.69, 9.17) is 14.2 Å². The fraction of sp³-hybridized carbons (Fsp3) is 0.512. The zero-order valence-electron chi connectivity index (χ0n) is 31.0. The van der Waals surface area contributed by atoms with Crippen molar-refractivity contribution in [3.63, 3.8) is 0 Å². The Hall–Kier alpha value is -4.21. The van der Waals surface area contributed by atoms with E-state index in [-0.39, 0.29) is 31.8 Å². The van der Waals surface area contributed by atoms with Crippen molar-refractivity contribution in [1.82, 2.24) is 5.32 Å².